The first kappa shape index (κ1) is 18.0. The molecule has 0 amide bonds. The van der Waals surface area contributed by atoms with Gasteiger partial charge < -0.3 is 0 Å². The van der Waals surface area contributed by atoms with Crippen LogP contribution in [0.15, 0.2) is 79.1 Å². The van der Waals surface area contributed by atoms with E-state index in [0.717, 1.165) is 44.4 Å². The molecule has 0 aliphatic rings. The molecule has 0 radical (unpaired) electrons. The number of fused-ring (bicyclic) bond motifs is 2. The Bertz CT molecular complexity index is 1630. The third kappa shape index (κ3) is 3.00. The van der Waals surface area contributed by atoms with E-state index in [-0.39, 0.29) is 0 Å². The highest BCUT2D eigenvalue weighted by atomic mass is 15.4. The van der Waals surface area contributed by atoms with E-state index in [1.807, 2.05) is 64.0 Å². The molecule has 8 nitrogen and oxygen atoms in total. The van der Waals surface area contributed by atoms with Gasteiger partial charge in [0.15, 0.2) is 0 Å². The van der Waals surface area contributed by atoms with E-state index in [0.29, 0.717) is 12.1 Å². The van der Waals surface area contributed by atoms with Crippen LogP contribution in [0.3, 0.4) is 0 Å². The number of aromatic amines is 1. The average Bonchev–Trinajstić information content (AvgIpc) is 3.57. The van der Waals surface area contributed by atoms with Crippen molar-refractivity contribution in [2.24, 2.45) is 0 Å². The molecular weight excluding hydrogens is 400 g/mol. The largest absolute Gasteiger partial charge is 0.278 e. The summed E-state index contributed by atoms with van der Waals surface area (Å²) in [6.07, 6.45) is 3.58. The van der Waals surface area contributed by atoms with E-state index >= 15 is 0 Å². The van der Waals surface area contributed by atoms with Crippen LogP contribution in [0.4, 0.5) is 0 Å². The third-order valence-electron chi connectivity index (χ3n) is 5.52. The van der Waals surface area contributed by atoms with Gasteiger partial charge in [-0.3, -0.25) is 9.78 Å². The molecule has 3 aromatic carbocycles. The Hall–Kier alpha value is -4.77. The number of nitrogens with zero attached hydrogens (tertiary/aromatic N) is 7. The summed E-state index contributed by atoms with van der Waals surface area (Å²) in [7, 11) is 0. The molecule has 6 rings (SSSR count). The van der Waals surface area contributed by atoms with Gasteiger partial charge in [-0.25, -0.2) is 4.68 Å². The summed E-state index contributed by atoms with van der Waals surface area (Å²) >= 11 is 0. The molecule has 152 valence electrons. The monoisotopic (exact) mass is 416 g/mol. The van der Waals surface area contributed by atoms with Crippen LogP contribution in [0.25, 0.3) is 38.9 Å². The average molecular weight is 416 g/mol. The molecule has 0 spiro atoms. The number of hydrogen-bond donors (Lipinski definition) is 1. The van der Waals surface area contributed by atoms with Gasteiger partial charge in [0.2, 0.25) is 0 Å². The number of rotatable bonds is 4. The molecule has 0 saturated carbocycles. The van der Waals surface area contributed by atoms with Gasteiger partial charge in [0.05, 0.1) is 46.8 Å². The molecule has 6 aromatic rings. The van der Waals surface area contributed by atoms with Gasteiger partial charge in [-0.15, -0.1) is 5.10 Å². The summed E-state index contributed by atoms with van der Waals surface area (Å²) in [5.41, 5.74) is 7.22. The Morgan fingerprint density at radius 2 is 1.97 bits per heavy atom. The fourth-order valence-electron chi connectivity index (χ4n) is 3.94. The van der Waals surface area contributed by atoms with Gasteiger partial charge in [0.1, 0.15) is 5.52 Å². The zero-order valence-electron chi connectivity index (χ0n) is 16.8. The van der Waals surface area contributed by atoms with Gasteiger partial charge in [-0.05, 0) is 54.1 Å². The number of nitrogens with one attached hydrogen (secondary N) is 1. The predicted molar refractivity (Wildman–Crippen MR) is 120 cm³/mol. The van der Waals surface area contributed by atoms with Crippen molar-refractivity contribution in [1.82, 2.24) is 35.0 Å². The van der Waals surface area contributed by atoms with Crippen molar-refractivity contribution < 1.29 is 0 Å². The summed E-state index contributed by atoms with van der Waals surface area (Å²) < 4.78 is 3.76. The minimum absolute atomic E-state index is 0.573. The highest BCUT2D eigenvalue weighted by molar-refractivity contribution is 5.84. The molecule has 1 N–H and O–H groups in total. The van der Waals surface area contributed by atoms with E-state index in [1.165, 1.54) is 0 Å². The maximum Gasteiger partial charge on any atom is 0.113 e. The molecule has 0 bridgehead atoms. The number of aromatic nitrogens is 7. The first-order chi connectivity index (χ1) is 15.8. The molecule has 0 unspecified atom stereocenters. The number of H-pyrrole nitrogens is 1. The predicted octanol–water partition coefficient (Wildman–Crippen LogP) is 4.08. The van der Waals surface area contributed by atoms with Crippen molar-refractivity contribution >= 4 is 21.9 Å². The topological polar surface area (TPSA) is 101 Å². The summed E-state index contributed by atoms with van der Waals surface area (Å²) in [4.78, 5) is 0. The van der Waals surface area contributed by atoms with Gasteiger partial charge in [-0.2, -0.15) is 15.5 Å². The first-order valence-electron chi connectivity index (χ1n) is 10.1. The fraction of sp³-hybridized carbons (Fsp3) is 0.0417. The van der Waals surface area contributed by atoms with Crippen molar-refractivity contribution in [1.29, 1.82) is 5.26 Å². The highest BCUT2D eigenvalue weighted by Crippen LogP contribution is 2.26. The maximum absolute atomic E-state index is 9.17. The molecule has 0 aliphatic heterocycles. The number of nitriles is 1. The molecule has 3 heterocycles. The van der Waals surface area contributed by atoms with Crippen molar-refractivity contribution in [3.63, 3.8) is 0 Å². The van der Waals surface area contributed by atoms with Crippen LogP contribution in [0.2, 0.25) is 0 Å². The Morgan fingerprint density at radius 1 is 1.00 bits per heavy atom. The lowest BCUT2D eigenvalue weighted by atomic mass is 10.1. The first-order valence-corrected chi connectivity index (χ1v) is 10.1. The smallest absolute Gasteiger partial charge is 0.113 e. The summed E-state index contributed by atoms with van der Waals surface area (Å²) in [5.74, 6) is 0. The van der Waals surface area contributed by atoms with E-state index in [1.54, 1.807) is 18.5 Å². The van der Waals surface area contributed by atoms with Crippen LogP contribution in [0, 0.1) is 11.3 Å². The SMILES string of the molecule is N#Cc1cccc(Cn2nccc2-c2ccc3nnn(-c4ccc5cn[nH]c5c4)c3c2)c1. The van der Waals surface area contributed by atoms with Crippen molar-refractivity contribution in [3.8, 4) is 23.0 Å². The molecule has 0 fully saturated rings. The molecule has 0 atom stereocenters. The lowest BCUT2D eigenvalue weighted by molar-refractivity contribution is 0.694. The molecule has 0 aliphatic carbocycles. The highest BCUT2D eigenvalue weighted by Gasteiger charge is 2.12. The molecule has 0 saturated heterocycles. The van der Waals surface area contributed by atoms with Gasteiger partial charge >= 0.3 is 0 Å². The van der Waals surface area contributed by atoms with Crippen molar-refractivity contribution in [2.75, 3.05) is 0 Å². The summed E-state index contributed by atoms with van der Waals surface area (Å²) in [5, 5.41) is 30.5. The van der Waals surface area contributed by atoms with Crippen LogP contribution in [0.1, 0.15) is 11.1 Å². The van der Waals surface area contributed by atoms with Crippen molar-refractivity contribution in [2.45, 2.75) is 6.54 Å². The van der Waals surface area contributed by atoms with Crippen LogP contribution in [0.5, 0.6) is 0 Å². The summed E-state index contributed by atoms with van der Waals surface area (Å²) in [6, 6.07) is 23.9. The lowest BCUT2D eigenvalue weighted by Gasteiger charge is -2.09. The fourth-order valence-corrected chi connectivity index (χ4v) is 3.94. The quantitative estimate of drug-likeness (QED) is 0.467. The second-order valence-electron chi connectivity index (χ2n) is 7.53. The van der Waals surface area contributed by atoms with Gasteiger partial charge in [0.25, 0.3) is 0 Å². The lowest BCUT2D eigenvalue weighted by Crippen LogP contribution is -2.04. The van der Waals surface area contributed by atoms with E-state index < -0.39 is 0 Å². The van der Waals surface area contributed by atoms with Gasteiger partial charge in [-0.1, -0.05) is 23.4 Å². The zero-order valence-corrected chi connectivity index (χ0v) is 16.8. The van der Waals surface area contributed by atoms with E-state index in [9.17, 15) is 5.26 Å². The van der Waals surface area contributed by atoms with Gasteiger partial charge in [0, 0.05) is 17.1 Å². The Kier molecular flexibility index (Phi) is 4.05. The van der Waals surface area contributed by atoms with Crippen LogP contribution in [-0.2, 0) is 6.54 Å². The standard InChI is InChI=1S/C24H16N8/c25-13-16-2-1-3-17(10-16)15-31-23(8-9-27-31)18-5-7-21-24(11-18)32(30-29-21)20-6-4-19-14-26-28-22(19)12-20/h1-12,14H,15H2,(H,26,28). The van der Waals surface area contributed by atoms with Crippen LogP contribution < -0.4 is 0 Å². The Balaban J connectivity index is 1.41. The molecular formula is C24H16N8. The third-order valence-corrected chi connectivity index (χ3v) is 5.52. The Labute approximate surface area is 182 Å². The zero-order chi connectivity index (χ0) is 21.5. The maximum atomic E-state index is 9.17. The van der Waals surface area contributed by atoms with E-state index in [2.05, 4.69) is 37.7 Å². The number of benzene rings is 3. The van der Waals surface area contributed by atoms with E-state index in [4.69, 9.17) is 0 Å². The molecule has 3 aromatic heterocycles. The second-order valence-corrected chi connectivity index (χ2v) is 7.53. The van der Waals surface area contributed by atoms with Crippen LogP contribution >= 0.6 is 0 Å². The number of hydrogen-bond acceptors (Lipinski definition) is 5. The van der Waals surface area contributed by atoms with Crippen molar-refractivity contribution in [3.05, 3.63) is 90.3 Å². The van der Waals surface area contributed by atoms with Crippen LogP contribution in [-0.4, -0.2) is 35.0 Å². The summed E-state index contributed by atoms with van der Waals surface area (Å²) in [6.45, 7) is 0.573. The normalized spacial score (nSPS) is 11.2. The minimum atomic E-state index is 0.573. The Morgan fingerprint density at radius 3 is 2.91 bits per heavy atom. The molecule has 32 heavy (non-hydrogen) atoms. The second kappa shape index (κ2) is 7.18. The molecule has 8 heteroatoms. The minimum Gasteiger partial charge on any atom is -0.278 e.